The van der Waals surface area contributed by atoms with Crippen LogP contribution >= 0.6 is 34.8 Å². The Morgan fingerprint density at radius 2 is 0.908 bits per heavy atom. The van der Waals surface area contributed by atoms with Crippen LogP contribution in [0.2, 0.25) is 0 Å². The van der Waals surface area contributed by atoms with Crippen molar-refractivity contribution in [3.05, 3.63) is 190 Å². The van der Waals surface area contributed by atoms with Crippen LogP contribution in [0.25, 0.3) is 33.4 Å². The number of nitrogen functional groups attached to an aromatic ring is 1. The Morgan fingerprint density at radius 1 is 0.553 bits per heavy atom. The van der Waals surface area contributed by atoms with Gasteiger partial charge in [0.25, 0.3) is 5.91 Å². The lowest BCUT2D eigenvalue weighted by molar-refractivity contribution is -0.138. The quantitative estimate of drug-likeness (QED) is 0.00835. The standard InChI is InChI=1S/C16H11ClF3N3O.C16H11F3N6O.C14H12F3N3O.C2H2Cl2O/c17-9-14-22-23-15(24-14)12-3-1-2-4-13(12)21-11-7-5-10(6-8-11)16(18,19)20;17-16(18,19)10-5-7-11(8-6-10)22-13-4-2-1-3-12(13)15-24-23-14(26-15)9-21-25-20;15-14(16,17)9-5-7-10(8-6-9)19-12-4-2-1-3-11(12)13(21)20-18;3-1-2(4)5/h1-8,21H,9H2;1-8,22H,9H2;1-8,19H,18H2,(H,20,21);1H2. The second-order valence-electron chi connectivity index (χ2n) is 14.7. The molecule has 1 amide bonds. The van der Waals surface area contributed by atoms with Crippen molar-refractivity contribution in [1.82, 2.24) is 25.8 Å². The van der Waals surface area contributed by atoms with Crippen molar-refractivity contribution in [1.29, 1.82) is 0 Å². The molecular formula is C48H36Cl3F9N12O4. The Morgan fingerprint density at radius 3 is 1.26 bits per heavy atom. The summed E-state index contributed by atoms with van der Waals surface area (Å²) in [6.07, 6.45) is -13.1. The number of nitrogens with one attached hydrogen (secondary N) is 4. The van der Waals surface area contributed by atoms with Gasteiger partial charge >= 0.3 is 18.5 Å². The normalized spacial score (nSPS) is 11.0. The van der Waals surface area contributed by atoms with Gasteiger partial charge in [0.1, 0.15) is 12.4 Å². The second kappa shape index (κ2) is 27.3. The van der Waals surface area contributed by atoms with Crippen molar-refractivity contribution in [2.45, 2.75) is 31.0 Å². The monoisotopic (exact) mass is 1120 g/mol. The molecule has 0 aliphatic heterocycles. The van der Waals surface area contributed by atoms with Crippen LogP contribution in [0, 0.1) is 0 Å². The van der Waals surface area contributed by atoms with Crippen molar-refractivity contribution in [2.75, 3.05) is 21.8 Å². The van der Waals surface area contributed by atoms with Crippen LogP contribution in [-0.4, -0.2) is 37.4 Å². The van der Waals surface area contributed by atoms with Gasteiger partial charge in [-0.25, -0.2) is 5.84 Å². The van der Waals surface area contributed by atoms with E-state index in [1.807, 2.05) is 5.43 Å². The van der Waals surface area contributed by atoms with Gasteiger partial charge in [0, 0.05) is 22.0 Å². The maximum Gasteiger partial charge on any atom is 0.416 e. The largest absolute Gasteiger partial charge is 0.420 e. The number of anilines is 6. The maximum absolute atomic E-state index is 12.6. The fraction of sp³-hybridized carbons (Fsp3) is 0.125. The number of alkyl halides is 11. The number of nitrogens with zero attached hydrogens (tertiary/aromatic N) is 7. The van der Waals surface area contributed by atoms with E-state index in [-0.39, 0.29) is 41.9 Å². The summed E-state index contributed by atoms with van der Waals surface area (Å²) in [7, 11) is 0. The highest BCUT2D eigenvalue weighted by molar-refractivity contribution is 6.67. The van der Waals surface area contributed by atoms with Crippen molar-refractivity contribution in [3.8, 4) is 22.9 Å². The maximum atomic E-state index is 12.6. The van der Waals surface area contributed by atoms with Gasteiger partial charge in [-0.15, -0.1) is 43.6 Å². The zero-order valence-corrected chi connectivity index (χ0v) is 40.6. The number of hydrogen-bond acceptors (Lipinski definition) is 13. The third-order valence-corrected chi connectivity index (χ3v) is 10.3. The number of aromatic nitrogens is 4. The zero-order chi connectivity index (χ0) is 55.5. The third kappa shape index (κ3) is 17.7. The van der Waals surface area contributed by atoms with Gasteiger partial charge in [0.2, 0.25) is 28.8 Å². The summed E-state index contributed by atoms with van der Waals surface area (Å²) in [6, 6.07) is 34.5. The lowest BCUT2D eigenvalue weighted by Crippen LogP contribution is -2.30. The minimum atomic E-state index is -4.39. The topological polar surface area (TPSA) is 235 Å². The lowest BCUT2D eigenvalue weighted by Gasteiger charge is -2.12. The van der Waals surface area contributed by atoms with E-state index in [9.17, 15) is 49.1 Å². The van der Waals surface area contributed by atoms with Crippen molar-refractivity contribution in [3.63, 3.8) is 0 Å². The van der Waals surface area contributed by atoms with Crippen LogP contribution in [0.5, 0.6) is 0 Å². The Hall–Kier alpha value is -8.35. The molecule has 0 saturated heterocycles. The number of hydrogen-bond donors (Lipinski definition) is 5. The fourth-order valence-corrected chi connectivity index (χ4v) is 6.16. The lowest BCUT2D eigenvalue weighted by atomic mass is 10.1. The summed E-state index contributed by atoms with van der Waals surface area (Å²) < 4.78 is 124. The van der Waals surface area contributed by atoms with E-state index in [1.54, 1.807) is 72.8 Å². The molecule has 0 unspecified atom stereocenters. The first kappa shape index (κ1) is 58.5. The van der Waals surface area contributed by atoms with Crippen LogP contribution in [0.15, 0.2) is 160 Å². The third-order valence-electron chi connectivity index (χ3n) is 9.51. The number of hydrazine groups is 1. The summed E-state index contributed by atoms with van der Waals surface area (Å²) >= 11 is 15.2. The fourth-order valence-electron chi connectivity index (χ4n) is 6.05. The molecule has 6 aromatic carbocycles. The molecule has 28 heteroatoms. The molecular weight excluding hydrogens is 1090 g/mol. The highest BCUT2D eigenvalue weighted by Gasteiger charge is 2.32. The van der Waals surface area contributed by atoms with Crippen molar-refractivity contribution in [2.24, 2.45) is 11.0 Å². The van der Waals surface area contributed by atoms with Gasteiger partial charge in [-0.05, 0) is 126 Å². The van der Waals surface area contributed by atoms with E-state index in [0.717, 1.165) is 36.4 Å². The number of azide groups is 1. The van der Waals surface area contributed by atoms with Crippen LogP contribution in [0.1, 0.15) is 38.8 Å². The predicted molar refractivity (Wildman–Crippen MR) is 266 cm³/mol. The molecule has 0 aliphatic rings. The van der Waals surface area contributed by atoms with E-state index in [4.69, 9.17) is 55.0 Å². The minimum absolute atomic E-state index is 0.0714. The summed E-state index contributed by atoms with van der Waals surface area (Å²) in [5, 5.41) is 27.2. The molecule has 2 aromatic heterocycles. The summed E-state index contributed by atoms with van der Waals surface area (Å²) in [5.41, 5.74) is 12.7. The van der Waals surface area contributed by atoms with E-state index < -0.39 is 46.4 Å². The van der Waals surface area contributed by atoms with Gasteiger partial charge in [0.05, 0.1) is 56.3 Å². The number of halogens is 12. The Labute approximate surface area is 439 Å². The molecule has 0 saturated carbocycles. The number of rotatable bonds is 13. The van der Waals surface area contributed by atoms with Crippen molar-refractivity contribution >= 4 is 80.1 Å². The van der Waals surface area contributed by atoms with Crippen LogP contribution in [0.3, 0.4) is 0 Å². The first-order chi connectivity index (χ1) is 36.1. The highest BCUT2D eigenvalue weighted by atomic mass is 35.5. The first-order valence-corrected chi connectivity index (χ1v) is 22.7. The summed E-state index contributed by atoms with van der Waals surface area (Å²) in [6.45, 7) is -0.0714. The molecule has 0 fully saturated rings. The number of para-hydroxylation sites is 3. The number of nitrogens with two attached hydrogens (primary N) is 1. The first-order valence-electron chi connectivity index (χ1n) is 21.2. The molecule has 16 nitrogen and oxygen atoms in total. The van der Waals surface area contributed by atoms with E-state index in [0.29, 0.717) is 50.8 Å². The van der Waals surface area contributed by atoms with Crippen LogP contribution < -0.4 is 27.2 Å². The average molecular weight is 1120 g/mol. The second-order valence-corrected chi connectivity index (χ2v) is 15.7. The van der Waals surface area contributed by atoms with E-state index >= 15 is 0 Å². The number of carbonyl (C=O) groups excluding carboxylic acids is 2. The highest BCUT2D eigenvalue weighted by Crippen LogP contribution is 2.35. The number of carbonyl (C=O) groups is 2. The molecule has 0 radical (unpaired) electrons. The number of amides is 1. The molecule has 2 heterocycles. The van der Waals surface area contributed by atoms with Crippen molar-refractivity contribution < 1.29 is 57.9 Å². The van der Waals surface area contributed by atoms with Gasteiger partial charge in [0.15, 0.2) is 0 Å². The van der Waals surface area contributed by atoms with Gasteiger partial charge in [-0.2, -0.15) is 39.5 Å². The Balaban J connectivity index is 0.000000202. The Kier molecular flexibility index (Phi) is 21.0. The molecule has 0 atom stereocenters. The van der Waals surface area contributed by atoms with Gasteiger partial charge < -0.3 is 24.8 Å². The van der Waals surface area contributed by atoms with Gasteiger partial charge in [-0.3, -0.25) is 15.0 Å². The summed E-state index contributed by atoms with van der Waals surface area (Å²) in [4.78, 5) is 23.6. The van der Waals surface area contributed by atoms with E-state index in [1.165, 1.54) is 36.4 Å². The predicted octanol–water partition coefficient (Wildman–Crippen LogP) is 14.6. The molecule has 0 bridgehead atoms. The summed E-state index contributed by atoms with van der Waals surface area (Å²) in [5.74, 6) is 5.51. The smallest absolute Gasteiger partial charge is 0.416 e. The average Bonchev–Trinajstić information content (AvgIpc) is 4.09. The Bertz CT molecular complexity index is 3210. The molecule has 0 spiro atoms. The van der Waals surface area contributed by atoms with Crippen LogP contribution in [0.4, 0.5) is 73.6 Å². The van der Waals surface area contributed by atoms with Gasteiger partial charge in [-0.1, -0.05) is 41.5 Å². The molecule has 8 rings (SSSR count). The molecule has 6 N–H and O–H groups in total. The molecule has 0 aliphatic carbocycles. The van der Waals surface area contributed by atoms with Crippen LogP contribution in [-0.2, 0) is 35.7 Å². The molecule has 396 valence electrons. The number of benzene rings is 6. The SMILES string of the molecule is FC(F)(F)c1ccc(Nc2ccccc2-c2nnc(CCl)o2)cc1.NNC(=O)c1ccccc1Nc1ccc(C(F)(F)F)cc1.O=C(Cl)CCl.[N-]=[N+]=NCc1nnc(-c2ccccc2Nc2ccc(C(F)(F)F)cc2)o1. The molecule has 8 aromatic rings. The minimum Gasteiger partial charge on any atom is -0.420 e. The zero-order valence-electron chi connectivity index (χ0n) is 38.4. The van der Waals surface area contributed by atoms with E-state index in [2.05, 4.69) is 46.4 Å². The molecule has 76 heavy (non-hydrogen) atoms.